The molecule has 0 saturated heterocycles. The molecule has 2 unspecified atom stereocenters. The molecule has 0 spiro atoms. The van der Waals surface area contributed by atoms with Crippen LogP contribution >= 0.6 is 0 Å². The highest BCUT2D eigenvalue weighted by atomic mass is 19.4. The molecule has 2 nitrogen and oxygen atoms in total. The first-order valence-corrected chi connectivity index (χ1v) is 5.85. The molecular formula is C11H13F9O2. The Labute approximate surface area is 119 Å². The van der Waals surface area contributed by atoms with E-state index >= 15 is 0 Å². The lowest BCUT2D eigenvalue weighted by molar-refractivity contribution is -0.451. The zero-order valence-corrected chi connectivity index (χ0v) is 11.1. The van der Waals surface area contributed by atoms with Crippen LogP contribution in [0.5, 0.6) is 0 Å². The quantitative estimate of drug-likeness (QED) is 0.340. The minimum Gasteiger partial charge on any atom is -0.339 e. The van der Waals surface area contributed by atoms with Gasteiger partial charge in [0.25, 0.3) is 0 Å². The summed E-state index contributed by atoms with van der Waals surface area (Å²) in [6.45, 7) is 4.59. The van der Waals surface area contributed by atoms with Crippen molar-refractivity contribution in [1.29, 1.82) is 0 Å². The molecule has 0 bridgehead atoms. The van der Waals surface area contributed by atoms with Crippen molar-refractivity contribution in [3.8, 4) is 0 Å². The highest BCUT2D eigenvalue weighted by molar-refractivity contribution is 4.84. The summed E-state index contributed by atoms with van der Waals surface area (Å²) in [4.78, 5) is 0. The third kappa shape index (κ3) is 5.34. The molecule has 0 aromatic carbocycles. The van der Waals surface area contributed by atoms with Crippen LogP contribution in [0.25, 0.3) is 0 Å². The maximum absolute atomic E-state index is 13.1. The number of hydrogen-bond acceptors (Lipinski definition) is 2. The van der Waals surface area contributed by atoms with Gasteiger partial charge in [0.05, 0.1) is 6.10 Å². The van der Waals surface area contributed by atoms with Crippen molar-refractivity contribution >= 4 is 0 Å². The van der Waals surface area contributed by atoms with Crippen LogP contribution in [0.3, 0.4) is 0 Å². The standard InChI is InChI=1S/C11H13F9O2/c1-3-5-6(4-2)21-8(9(14,15)7(12)13)22-11(19,20)10(16,17)18/h4,6-8H,2-3,5H2,1H3. The molecule has 0 aliphatic rings. The van der Waals surface area contributed by atoms with Crippen LogP contribution in [0.2, 0.25) is 0 Å². The minimum absolute atomic E-state index is 0.125. The molecule has 0 amide bonds. The van der Waals surface area contributed by atoms with Crippen LogP contribution in [-0.4, -0.2) is 37.0 Å². The number of hydrogen-bond donors (Lipinski definition) is 0. The summed E-state index contributed by atoms with van der Waals surface area (Å²) in [5.74, 6) is -5.39. The highest BCUT2D eigenvalue weighted by Crippen LogP contribution is 2.41. The van der Waals surface area contributed by atoms with Gasteiger partial charge in [0.2, 0.25) is 6.29 Å². The maximum Gasteiger partial charge on any atom is 0.483 e. The van der Waals surface area contributed by atoms with E-state index in [0.29, 0.717) is 0 Å². The van der Waals surface area contributed by atoms with E-state index in [2.05, 4.69) is 16.1 Å². The van der Waals surface area contributed by atoms with Crippen LogP contribution in [0, 0.1) is 0 Å². The Kier molecular flexibility index (Phi) is 7.20. The predicted molar refractivity (Wildman–Crippen MR) is 56.8 cm³/mol. The van der Waals surface area contributed by atoms with E-state index in [1.807, 2.05) is 0 Å². The maximum atomic E-state index is 13.1. The smallest absolute Gasteiger partial charge is 0.339 e. The molecule has 22 heavy (non-hydrogen) atoms. The van der Waals surface area contributed by atoms with Gasteiger partial charge >= 0.3 is 24.6 Å². The van der Waals surface area contributed by atoms with Crippen molar-refractivity contribution in [3.05, 3.63) is 12.7 Å². The van der Waals surface area contributed by atoms with Crippen molar-refractivity contribution in [2.75, 3.05) is 0 Å². The molecule has 2 atom stereocenters. The average molecular weight is 348 g/mol. The summed E-state index contributed by atoms with van der Waals surface area (Å²) < 4.78 is 119. The minimum atomic E-state index is -6.37. The number of ether oxygens (including phenoxy) is 2. The van der Waals surface area contributed by atoms with Crippen molar-refractivity contribution < 1.29 is 49.0 Å². The van der Waals surface area contributed by atoms with Gasteiger partial charge < -0.3 is 4.74 Å². The third-order valence-electron chi connectivity index (χ3n) is 2.32. The first kappa shape index (κ1) is 21.0. The summed E-state index contributed by atoms with van der Waals surface area (Å²) in [6.07, 6.45) is -21.4. The molecular weight excluding hydrogens is 335 g/mol. The summed E-state index contributed by atoms with van der Waals surface area (Å²) in [5, 5.41) is 0. The third-order valence-corrected chi connectivity index (χ3v) is 2.32. The Hall–Kier alpha value is -0.970. The van der Waals surface area contributed by atoms with Gasteiger partial charge in [-0.05, 0) is 6.42 Å². The first-order valence-electron chi connectivity index (χ1n) is 5.85. The number of rotatable bonds is 9. The number of halogens is 9. The van der Waals surface area contributed by atoms with Crippen LogP contribution in [-0.2, 0) is 9.47 Å². The van der Waals surface area contributed by atoms with Crippen molar-refractivity contribution in [2.24, 2.45) is 0 Å². The fourth-order valence-electron chi connectivity index (χ4n) is 1.19. The van der Waals surface area contributed by atoms with Gasteiger partial charge in [0, 0.05) is 0 Å². The molecule has 0 aromatic heterocycles. The molecule has 0 fully saturated rings. The monoisotopic (exact) mass is 348 g/mol. The normalized spacial score (nSPS) is 16.7. The molecule has 0 N–H and O–H groups in total. The van der Waals surface area contributed by atoms with E-state index in [9.17, 15) is 39.5 Å². The van der Waals surface area contributed by atoms with Crippen LogP contribution in [0.15, 0.2) is 12.7 Å². The van der Waals surface area contributed by atoms with Crippen LogP contribution in [0.4, 0.5) is 39.5 Å². The zero-order valence-electron chi connectivity index (χ0n) is 11.1. The largest absolute Gasteiger partial charge is 0.483 e. The van der Waals surface area contributed by atoms with Crippen molar-refractivity contribution in [3.63, 3.8) is 0 Å². The fraction of sp³-hybridized carbons (Fsp3) is 0.818. The second kappa shape index (κ2) is 7.53. The lowest BCUT2D eigenvalue weighted by atomic mass is 10.2. The Bertz CT molecular complexity index is 354. The van der Waals surface area contributed by atoms with Gasteiger partial charge in [0.15, 0.2) is 0 Å². The van der Waals surface area contributed by atoms with E-state index < -0.39 is 37.0 Å². The second-order valence-electron chi connectivity index (χ2n) is 4.14. The lowest BCUT2D eigenvalue weighted by Crippen LogP contribution is -2.52. The van der Waals surface area contributed by atoms with Gasteiger partial charge in [-0.3, -0.25) is 4.74 Å². The molecule has 0 aromatic rings. The second-order valence-corrected chi connectivity index (χ2v) is 4.14. The van der Waals surface area contributed by atoms with Crippen LogP contribution < -0.4 is 0 Å². The summed E-state index contributed by atoms with van der Waals surface area (Å²) in [6, 6.07) is 0. The Balaban J connectivity index is 5.40. The SMILES string of the molecule is C=CC(CCC)OC(OC(F)(F)C(F)(F)F)C(F)(F)C(F)F. The molecule has 11 heteroatoms. The van der Waals surface area contributed by atoms with Gasteiger partial charge in [-0.1, -0.05) is 19.4 Å². The summed E-state index contributed by atoms with van der Waals surface area (Å²) in [7, 11) is 0. The van der Waals surface area contributed by atoms with Crippen molar-refractivity contribution in [2.45, 2.75) is 56.8 Å². The topological polar surface area (TPSA) is 18.5 Å². The number of alkyl halides is 9. The molecule has 0 saturated carbocycles. The molecule has 0 heterocycles. The molecule has 0 rings (SSSR count). The lowest BCUT2D eigenvalue weighted by Gasteiger charge is -2.32. The van der Waals surface area contributed by atoms with Gasteiger partial charge in [0.1, 0.15) is 0 Å². The fourth-order valence-corrected chi connectivity index (χ4v) is 1.19. The van der Waals surface area contributed by atoms with E-state index in [1.165, 1.54) is 6.92 Å². The molecule has 0 aliphatic carbocycles. The van der Waals surface area contributed by atoms with Crippen molar-refractivity contribution in [1.82, 2.24) is 0 Å². The summed E-state index contributed by atoms with van der Waals surface area (Å²) >= 11 is 0. The van der Waals surface area contributed by atoms with Gasteiger partial charge in [-0.15, -0.1) is 6.58 Å². The van der Waals surface area contributed by atoms with E-state index in [-0.39, 0.29) is 12.8 Å². The Morgan fingerprint density at radius 3 is 1.86 bits per heavy atom. The van der Waals surface area contributed by atoms with E-state index in [4.69, 9.17) is 0 Å². The van der Waals surface area contributed by atoms with E-state index in [0.717, 1.165) is 6.08 Å². The Morgan fingerprint density at radius 1 is 1.05 bits per heavy atom. The Morgan fingerprint density at radius 2 is 1.55 bits per heavy atom. The zero-order chi connectivity index (χ0) is 17.8. The summed E-state index contributed by atoms with van der Waals surface area (Å²) in [5.41, 5.74) is 0. The van der Waals surface area contributed by atoms with Crippen LogP contribution in [0.1, 0.15) is 19.8 Å². The molecule has 132 valence electrons. The predicted octanol–water partition coefficient (Wildman–Crippen LogP) is 4.76. The highest BCUT2D eigenvalue weighted by Gasteiger charge is 2.65. The first-order chi connectivity index (χ1) is 9.79. The van der Waals surface area contributed by atoms with E-state index in [1.54, 1.807) is 0 Å². The van der Waals surface area contributed by atoms with Gasteiger partial charge in [-0.2, -0.15) is 30.7 Å². The van der Waals surface area contributed by atoms with Gasteiger partial charge in [-0.25, -0.2) is 8.78 Å². The molecule has 0 aliphatic heterocycles. The average Bonchev–Trinajstić information content (AvgIpc) is 2.35. The molecule has 0 radical (unpaired) electrons.